The number of fused-ring (bicyclic) bond motifs is 1. The Hall–Kier alpha value is -3.15. The van der Waals surface area contributed by atoms with Gasteiger partial charge < -0.3 is 9.15 Å². The first-order valence-corrected chi connectivity index (χ1v) is 6.45. The zero-order valence-electron chi connectivity index (χ0n) is 11.6. The molecule has 0 aliphatic rings. The molecular weight excluding hydrogens is 286 g/mol. The first kappa shape index (κ1) is 13.8. The average Bonchev–Trinajstić information content (AvgIpc) is 2.55. The van der Waals surface area contributed by atoms with Gasteiger partial charge in [0.2, 0.25) is 5.43 Å². The monoisotopic (exact) mass is 297 g/mol. The van der Waals surface area contributed by atoms with E-state index in [0.717, 1.165) is 0 Å². The number of para-hydroxylation sites is 1. The lowest BCUT2D eigenvalue weighted by molar-refractivity contribution is -0.384. The van der Waals surface area contributed by atoms with Gasteiger partial charge in [-0.05, 0) is 24.3 Å². The number of hydrogen-bond acceptors (Lipinski definition) is 5. The number of hydrogen-bond donors (Lipinski definition) is 0. The molecular formula is C16H11NO5. The molecule has 110 valence electrons. The van der Waals surface area contributed by atoms with Gasteiger partial charge in [-0.3, -0.25) is 14.9 Å². The Kier molecular flexibility index (Phi) is 3.34. The maximum atomic E-state index is 12.5. The van der Waals surface area contributed by atoms with E-state index in [1.54, 1.807) is 30.3 Å². The van der Waals surface area contributed by atoms with Crippen molar-refractivity contribution in [3.05, 3.63) is 69.1 Å². The molecule has 0 spiro atoms. The molecule has 0 radical (unpaired) electrons. The lowest BCUT2D eigenvalue weighted by atomic mass is 10.0. The largest absolute Gasteiger partial charge is 0.497 e. The fraction of sp³-hybridized carbons (Fsp3) is 0.0625. The Balaban J connectivity index is 2.30. The number of nitro groups is 1. The van der Waals surface area contributed by atoms with Gasteiger partial charge in [-0.15, -0.1) is 0 Å². The van der Waals surface area contributed by atoms with Gasteiger partial charge in [0, 0.05) is 0 Å². The van der Waals surface area contributed by atoms with E-state index in [2.05, 4.69) is 0 Å². The van der Waals surface area contributed by atoms with Crippen LogP contribution in [0.25, 0.3) is 22.1 Å². The molecule has 3 aromatic rings. The van der Waals surface area contributed by atoms with E-state index in [9.17, 15) is 14.9 Å². The Morgan fingerprint density at radius 2 is 1.91 bits per heavy atom. The second kappa shape index (κ2) is 5.33. The second-order valence-electron chi connectivity index (χ2n) is 4.61. The fourth-order valence-corrected chi connectivity index (χ4v) is 2.28. The van der Waals surface area contributed by atoms with E-state index in [1.807, 2.05) is 0 Å². The van der Waals surface area contributed by atoms with Gasteiger partial charge in [0.1, 0.15) is 17.6 Å². The number of rotatable bonds is 3. The van der Waals surface area contributed by atoms with Crippen molar-refractivity contribution in [2.24, 2.45) is 0 Å². The Bertz CT molecular complexity index is 929. The lowest BCUT2D eigenvalue weighted by Crippen LogP contribution is -2.06. The zero-order chi connectivity index (χ0) is 15.7. The minimum absolute atomic E-state index is 0.146. The highest BCUT2D eigenvalue weighted by molar-refractivity contribution is 5.84. The number of benzene rings is 2. The van der Waals surface area contributed by atoms with Crippen LogP contribution in [0.3, 0.4) is 0 Å². The molecule has 0 saturated heterocycles. The van der Waals surface area contributed by atoms with Gasteiger partial charge >= 0.3 is 0 Å². The summed E-state index contributed by atoms with van der Waals surface area (Å²) in [6.07, 6.45) is 1.25. The summed E-state index contributed by atoms with van der Waals surface area (Å²) in [6.45, 7) is 0. The molecule has 0 aliphatic heterocycles. The summed E-state index contributed by atoms with van der Waals surface area (Å²) in [5.41, 5.74) is 0.266. The first-order chi connectivity index (χ1) is 10.6. The molecule has 6 heteroatoms. The quantitative estimate of drug-likeness (QED) is 0.546. The summed E-state index contributed by atoms with van der Waals surface area (Å²) < 4.78 is 10.4. The molecule has 2 aromatic carbocycles. The van der Waals surface area contributed by atoms with Gasteiger partial charge in [0.05, 0.1) is 34.6 Å². The topological polar surface area (TPSA) is 82.6 Å². The van der Waals surface area contributed by atoms with E-state index < -0.39 is 4.92 Å². The molecule has 0 saturated carbocycles. The third-order valence-corrected chi connectivity index (χ3v) is 3.37. The zero-order valence-corrected chi connectivity index (χ0v) is 11.6. The maximum absolute atomic E-state index is 12.5. The molecule has 0 amide bonds. The molecule has 3 rings (SSSR count). The number of nitrogens with zero attached hydrogens (tertiary/aromatic N) is 1. The summed E-state index contributed by atoms with van der Waals surface area (Å²) >= 11 is 0. The van der Waals surface area contributed by atoms with Crippen molar-refractivity contribution in [3.8, 4) is 16.9 Å². The summed E-state index contributed by atoms with van der Waals surface area (Å²) in [5, 5.41) is 11.6. The third-order valence-electron chi connectivity index (χ3n) is 3.37. The molecule has 0 aliphatic carbocycles. The SMILES string of the molecule is COc1ccc(-c2coc3ccccc3c2=O)c([N+](=O)[O-])c1. The van der Waals surface area contributed by atoms with E-state index in [4.69, 9.17) is 9.15 Å². The van der Waals surface area contributed by atoms with Gasteiger partial charge in [0.25, 0.3) is 5.69 Å². The number of nitro benzene ring substituents is 1. The van der Waals surface area contributed by atoms with Crippen LogP contribution in [0.1, 0.15) is 0 Å². The predicted octanol–water partition coefficient (Wildman–Crippen LogP) is 3.38. The van der Waals surface area contributed by atoms with Crippen molar-refractivity contribution in [2.75, 3.05) is 7.11 Å². The van der Waals surface area contributed by atoms with Crippen LogP contribution >= 0.6 is 0 Å². The summed E-state index contributed by atoms with van der Waals surface area (Å²) in [7, 11) is 1.42. The molecule has 1 heterocycles. The molecule has 1 aromatic heterocycles. The van der Waals surface area contributed by atoms with Gasteiger partial charge in [0.15, 0.2) is 0 Å². The number of ether oxygens (including phenoxy) is 1. The van der Waals surface area contributed by atoms with E-state index in [1.165, 1.54) is 25.5 Å². The molecule has 6 nitrogen and oxygen atoms in total. The minimum atomic E-state index is -0.549. The molecule has 0 bridgehead atoms. The highest BCUT2D eigenvalue weighted by Crippen LogP contribution is 2.32. The van der Waals surface area contributed by atoms with E-state index in [0.29, 0.717) is 16.7 Å². The maximum Gasteiger partial charge on any atom is 0.281 e. The van der Waals surface area contributed by atoms with E-state index >= 15 is 0 Å². The van der Waals surface area contributed by atoms with Crippen LogP contribution < -0.4 is 10.2 Å². The standard InChI is InChI=1S/C16H11NO5/c1-21-10-6-7-11(14(8-10)17(19)20)13-9-22-15-5-3-2-4-12(15)16(13)18/h2-9H,1H3. The summed E-state index contributed by atoms with van der Waals surface area (Å²) in [4.78, 5) is 23.3. The molecule has 0 unspecified atom stereocenters. The smallest absolute Gasteiger partial charge is 0.281 e. The highest BCUT2D eigenvalue weighted by Gasteiger charge is 2.20. The Morgan fingerprint density at radius 1 is 1.14 bits per heavy atom. The van der Waals surface area contributed by atoms with Crippen molar-refractivity contribution in [2.45, 2.75) is 0 Å². The van der Waals surface area contributed by atoms with Crippen molar-refractivity contribution in [3.63, 3.8) is 0 Å². The Morgan fingerprint density at radius 3 is 2.64 bits per heavy atom. The fourth-order valence-electron chi connectivity index (χ4n) is 2.28. The molecule has 0 fully saturated rings. The highest BCUT2D eigenvalue weighted by atomic mass is 16.6. The first-order valence-electron chi connectivity index (χ1n) is 6.45. The van der Waals surface area contributed by atoms with Crippen molar-refractivity contribution in [1.82, 2.24) is 0 Å². The van der Waals surface area contributed by atoms with Crippen LogP contribution in [-0.2, 0) is 0 Å². The van der Waals surface area contributed by atoms with Crippen LogP contribution in [0, 0.1) is 10.1 Å². The second-order valence-corrected chi connectivity index (χ2v) is 4.61. The van der Waals surface area contributed by atoms with Crippen LogP contribution in [0.2, 0.25) is 0 Å². The van der Waals surface area contributed by atoms with Gasteiger partial charge in [-0.2, -0.15) is 0 Å². The molecule has 0 N–H and O–H groups in total. The predicted molar refractivity (Wildman–Crippen MR) is 81.1 cm³/mol. The normalized spacial score (nSPS) is 10.6. The van der Waals surface area contributed by atoms with Crippen molar-refractivity contribution >= 4 is 16.7 Å². The average molecular weight is 297 g/mol. The lowest BCUT2D eigenvalue weighted by Gasteiger charge is -2.06. The minimum Gasteiger partial charge on any atom is -0.497 e. The van der Waals surface area contributed by atoms with Crippen LogP contribution in [0.15, 0.2) is 57.9 Å². The third kappa shape index (κ3) is 2.20. The van der Waals surface area contributed by atoms with Crippen LogP contribution in [-0.4, -0.2) is 12.0 Å². The summed E-state index contributed by atoms with van der Waals surface area (Å²) in [6, 6.07) is 11.1. The van der Waals surface area contributed by atoms with Crippen molar-refractivity contribution in [1.29, 1.82) is 0 Å². The van der Waals surface area contributed by atoms with E-state index in [-0.39, 0.29) is 22.2 Å². The molecule has 22 heavy (non-hydrogen) atoms. The summed E-state index contributed by atoms with van der Waals surface area (Å²) in [5.74, 6) is 0.348. The van der Waals surface area contributed by atoms with Crippen LogP contribution in [0.4, 0.5) is 5.69 Å². The Labute approximate surface area is 124 Å². The molecule has 0 atom stereocenters. The van der Waals surface area contributed by atoms with Crippen LogP contribution in [0.5, 0.6) is 5.75 Å². The van der Waals surface area contributed by atoms with Gasteiger partial charge in [-0.1, -0.05) is 12.1 Å². The van der Waals surface area contributed by atoms with Gasteiger partial charge in [-0.25, -0.2) is 0 Å². The van der Waals surface area contributed by atoms with Crippen molar-refractivity contribution < 1.29 is 14.1 Å². The number of methoxy groups -OCH3 is 1.